The predicted molar refractivity (Wildman–Crippen MR) is 245 cm³/mol. The van der Waals surface area contributed by atoms with Gasteiger partial charge < -0.3 is 0 Å². The van der Waals surface area contributed by atoms with Gasteiger partial charge in [-0.15, -0.1) is 0 Å². The summed E-state index contributed by atoms with van der Waals surface area (Å²) in [4.78, 5) is 0. The van der Waals surface area contributed by atoms with Crippen LogP contribution in [0.25, 0.3) is 109 Å². The monoisotopic (exact) mass is 722 g/mol. The molecule has 0 heteroatoms. The van der Waals surface area contributed by atoms with Gasteiger partial charge in [-0.1, -0.05) is 196 Å². The van der Waals surface area contributed by atoms with Gasteiger partial charge in [0, 0.05) is 5.41 Å². The molecule has 0 bridgehead atoms. The van der Waals surface area contributed by atoms with E-state index >= 15 is 0 Å². The van der Waals surface area contributed by atoms with Crippen LogP contribution in [0.15, 0.2) is 194 Å². The summed E-state index contributed by atoms with van der Waals surface area (Å²) in [5.74, 6) is 0. The number of fused-ring (bicyclic) bond motifs is 10. The number of hydrogen-bond donors (Lipinski definition) is 0. The molecule has 0 unspecified atom stereocenters. The zero-order valence-corrected chi connectivity index (χ0v) is 32.0. The van der Waals surface area contributed by atoms with Crippen molar-refractivity contribution < 1.29 is 0 Å². The van der Waals surface area contributed by atoms with Crippen LogP contribution >= 0.6 is 0 Å². The highest BCUT2D eigenvalue weighted by molar-refractivity contribution is 6.31. The Hall–Kier alpha value is -7.02. The minimum atomic E-state index is -0.124. The molecule has 266 valence electrons. The second-order valence-corrected chi connectivity index (χ2v) is 16.3. The molecule has 0 aliphatic heterocycles. The lowest BCUT2D eigenvalue weighted by atomic mass is 9.78. The Morgan fingerprint density at radius 2 is 0.667 bits per heavy atom. The summed E-state index contributed by atoms with van der Waals surface area (Å²) in [6.07, 6.45) is 0. The van der Waals surface area contributed by atoms with Crippen LogP contribution in [0.1, 0.15) is 25.0 Å². The third-order valence-electron chi connectivity index (χ3n) is 13.0. The molecule has 1 aliphatic carbocycles. The van der Waals surface area contributed by atoms with E-state index in [0.717, 1.165) is 0 Å². The van der Waals surface area contributed by atoms with E-state index in [0.29, 0.717) is 0 Å². The minimum Gasteiger partial charge on any atom is -0.0619 e. The fourth-order valence-corrected chi connectivity index (χ4v) is 10.5. The van der Waals surface area contributed by atoms with E-state index in [1.54, 1.807) is 0 Å². The summed E-state index contributed by atoms with van der Waals surface area (Å²) in [6, 6.07) is 72.7. The molecule has 0 saturated carbocycles. The van der Waals surface area contributed by atoms with Crippen LogP contribution in [0, 0.1) is 0 Å². The SMILES string of the molecule is CC1(C)c2ccccc2-c2c1cc(-c1c3ccccc3c(-c3c4ccccc4c(-c4ccc5ccccc5c4)c4ccccc34)c3ccccc13)c1ccccc21. The van der Waals surface area contributed by atoms with Crippen LogP contribution in [-0.4, -0.2) is 0 Å². The molecule has 0 heterocycles. The molecule has 0 aromatic heterocycles. The second-order valence-electron chi connectivity index (χ2n) is 16.3. The highest BCUT2D eigenvalue weighted by atomic mass is 14.4. The number of hydrogen-bond acceptors (Lipinski definition) is 0. The summed E-state index contributed by atoms with van der Waals surface area (Å²) in [5, 5.41) is 15.3. The zero-order valence-electron chi connectivity index (χ0n) is 32.0. The van der Waals surface area contributed by atoms with Gasteiger partial charge in [-0.3, -0.25) is 0 Å². The Balaban J connectivity index is 1.22. The lowest BCUT2D eigenvalue weighted by Crippen LogP contribution is -2.15. The summed E-state index contributed by atoms with van der Waals surface area (Å²) >= 11 is 0. The molecule has 0 amide bonds. The molecular formula is C57H38. The molecule has 11 aromatic rings. The molecule has 1 aliphatic rings. The fraction of sp³-hybridized carbons (Fsp3) is 0.0526. The molecule has 12 rings (SSSR count). The van der Waals surface area contributed by atoms with Gasteiger partial charge in [0.2, 0.25) is 0 Å². The quantitative estimate of drug-likeness (QED) is 0.159. The van der Waals surface area contributed by atoms with Gasteiger partial charge >= 0.3 is 0 Å². The maximum absolute atomic E-state index is 2.54. The van der Waals surface area contributed by atoms with E-state index in [9.17, 15) is 0 Å². The Morgan fingerprint density at radius 3 is 1.21 bits per heavy atom. The fourth-order valence-electron chi connectivity index (χ4n) is 10.5. The van der Waals surface area contributed by atoms with Gasteiger partial charge in [0.05, 0.1) is 0 Å². The summed E-state index contributed by atoms with van der Waals surface area (Å²) in [5.41, 5.74) is 13.1. The van der Waals surface area contributed by atoms with Gasteiger partial charge in [0.1, 0.15) is 0 Å². The maximum atomic E-state index is 2.54. The van der Waals surface area contributed by atoms with Crippen molar-refractivity contribution in [2.24, 2.45) is 0 Å². The molecule has 0 spiro atoms. The summed E-state index contributed by atoms with van der Waals surface area (Å²) < 4.78 is 0. The molecule has 0 nitrogen and oxygen atoms in total. The molecule has 57 heavy (non-hydrogen) atoms. The van der Waals surface area contributed by atoms with E-state index in [2.05, 4.69) is 208 Å². The largest absolute Gasteiger partial charge is 0.0619 e. The topological polar surface area (TPSA) is 0 Å². The Kier molecular flexibility index (Phi) is 6.78. The van der Waals surface area contributed by atoms with Crippen molar-refractivity contribution in [1.29, 1.82) is 0 Å². The van der Waals surface area contributed by atoms with Crippen molar-refractivity contribution in [1.82, 2.24) is 0 Å². The Morgan fingerprint density at radius 1 is 0.263 bits per heavy atom. The molecule has 0 radical (unpaired) electrons. The predicted octanol–water partition coefficient (Wildman–Crippen LogP) is 15.9. The van der Waals surface area contributed by atoms with E-state index in [1.165, 1.54) is 120 Å². The molecular weight excluding hydrogens is 685 g/mol. The molecule has 0 saturated heterocycles. The third kappa shape index (κ3) is 4.50. The molecule has 0 fully saturated rings. The van der Waals surface area contributed by atoms with Crippen LogP contribution in [0.2, 0.25) is 0 Å². The van der Waals surface area contributed by atoms with Crippen LogP contribution in [-0.2, 0) is 5.41 Å². The summed E-state index contributed by atoms with van der Waals surface area (Å²) in [7, 11) is 0. The molecule has 0 atom stereocenters. The van der Waals surface area contributed by atoms with Gasteiger partial charge in [0.15, 0.2) is 0 Å². The van der Waals surface area contributed by atoms with E-state index < -0.39 is 0 Å². The Bertz CT molecular complexity index is 3370. The van der Waals surface area contributed by atoms with E-state index in [1.807, 2.05) is 0 Å². The Labute approximate surface area is 332 Å². The first-order valence-corrected chi connectivity index (χ1v) is 20.1. The van der Waals surface area contributed by atoms with Crippen molar-refractivity contribution in [3.63, 3.8) is 0 Å². The van der Waals surface area contributed by atoms with E-state index in [4.69, 9.17) is 0 Å². The molecule has 0 N–H and O–H groups in total. The smallest absolute Gasteiger partial charge is 0.0159 e. The maximum Gasteiger partial charge on any atom is 0.0159 e. The molecule has 11 aromatic carbocycles. The van der Waals surface area contributed by atoms with Crippen molar-refractivity contribution in [3.8, 4) is 44.5 Å². The highest BCUT2D eigenvalue weighted by Crippen LogP contribution is 2.55. The van der Waals surface area contributed by atoms with Crippen molar-refractivity contribution in [3.05, 3.63) is 205 Å². The van der Waals surface area contributed by atoms with Crippen LogP contribution in [0.3, 0.4) is 0 Å². The van der Waals surface area contributed by atoms with Gasteiger partial charge in [-0.2, -0.15) is 0 Å². The lowest BCUT2D eigenvalue weighted by molar-refractivity contribution is 0.661. The van der Waals surface area contributed by atoms with Crippen LogP contribution < -0.4 is 0 Å². The lowest BCUT2D eigenvalue weighted by Gasteiger charge is -2.25. The van der Waals surface area contributed by atoms with Gasteiger partial charge in [0.25, 0.3) is 0 Å². The first-order chi connectivity index (χ1) is 28.1. The first-order valence-electron chi connectivity index (χ1n) is 20.1. The van der Waals surface area contributed by atoms with Gasteiger partial charge in [-0.05, 0) is 132 Å². The van der Waals surface area contributed by atoms with Crippen LogP contribution in [0.5, 0.6) is 0 Å². The zero-order chi connectivity index (χ0) is 37.8. The average Bonchev–Trinajstić information content (AvgIpc) is 3.50. The number of benzene rings is 11. The van der Waals surface area contributed by atoms with Crippen molar-refractivity contribution in [2.75, 3.05) is 0 Å². The van der Waals surface area contributed by atoms with Gasteiger partial charge in [-0.25, -0.2) is 0 Å². The number of rotatable bonds is 3. The minimum absolute atomic E-state index is 0.124. The van der Waals surface area contributed by atoms with Crippen LogP contribution in [0.4, 0.5) is 0 Å². The summed E-state index contributed by atoms with van der Waals surface area (Å²) in [6.45, 7) is 4.79. The third-order valence-corrected chi connectivity index (χ3v) is 13.0. The van der Waals surface area contributed by atoms with Crippen molar-refractivity contribution in [2.45, 2.75) is 19.3 Å². The standard InChI is InChI=1S/C57H38/c1-57(2)50-30-16-15-29-48(50)54-39-20-6-5-19-38(39)49(34-51(54)57)53-42-23-9-13-27-46(42)56(47-28-14-10-24-43(47)53)55-44-25-11-7-21-40(44)52(41-22-8-12-26-45(41)55)37-32-31-35-17-3-4-18-36(35)33-37/h3-34H,1-2H3. The van der Waals surface area contributed by atoms with E-state index in [-0.39, 0.29) is 5.41 Å². The highest BCUT2D eigenvalue weighted by Gasteiger charge is 2.37. The second kappa shape index (κ2) is 12.0. The first kappa shape index (κ1) is 32.2. The normalized spacial score (nSPS) is 13.2. The van der Waals surface area contributed by atoms with Crippen molar-refractivity contribution >= 4 is 64.6 Å². The average molecular weight is 723 g/mol.